The van der Waals surface area contributed by atoms with E-state index in [0.29, 0.717) is 17.3 Å². The zero-order valence-electron chi connectivity index (χ0n) is 16.6. The number of hydrogen-bond acceptors (Lipinski definition) is 4. The number of rotatable bonds is 7. The fraction of sp³-hybridized carbons (Fsp3) is 0.364. The highest BCUT2D eigenvalue weighted by atomic mass is 16.5. The second-order valence-electron chi connectivity index (χ2n) is 6.11. The van der Waals surface area contributed by atoms with Crippen molar-refractivity contribution in [3.05, 3.63) is 70.4 Å². The number of benzene rings is 1. The molecule has 2 rings (SSSR count). The van der Waals surface area contributed by atoms with E-state index in [2.05, 4.69) is 25.6 Å². The molecule has 0 atom stereocenters. The average Bonchev–Trinajstić information content (AvgIpc) is 2.67. The number of methoxy groups -OCH3 is 4. The van der Waals surface area contributed by atoms with Crippen LogP contribution in [0.1, 0.15) is 30.0 Å². The molecule has 4 nitrogen and oxygen atoms in total. The monoisotopic (exact) mass is 356 g/mol. The molecule has 1 aliphatic rings. The van der Waals surface area contributed by atoms with E-state index in [1.165, 1.54) is 16.7 Å². The quantitative estimate of drug-likeness (QED) is 0.512. The van der Waals surface area contributed by atoms with Crippen LogP contribution >= 0.6 is 0 Å². The van der Waals surface area contributed by atoms with Crippen molar-refractivity contribution < 1.29 is 18.9 Å². The fourth-order valence-corrected chi connectivity index (χ4v) is 3.27. The Labute approximate surface area is 156 Å². The van der Waals surface area contributed by atoms with Crippen molar-refractivity contribution >= 4 is 5.57 Å². The standard InChI is InChI=1S/C22H28O4/c1-14(13-21(25-6)22(26-7)16(3)23-4)17-9-8-10-18-15(2)20(24-5)12-11-19(17)18/h9,11-13H,1,8,10H2,2-7H3/b21-13+,22-16-. The van der Waals surface area contributed by atoms with Crippen LogP contribution in [-0.2, 0) is 20.6 Å². The second kappa shape index (κ2) is 8.65. The first-order chi connectivity index (χ1) is 12.5. The Kier molecular flexibility index (Phi) is 6.56. The molecule has 0 N–H and O–H groups in total. The normalized spacial score (nSPS) is 14.7. The molecule has 1 aromatic carbocycles. The van der Waals surface area contributed by atoms with Crippen LogP contribution < -0.4 is 4.74 Å². The number of hydrogen-bond donors (Lipinski definition) is 0. The SMILES string of the molecule is C=C(/C=C(OC)\C(OC)=C(/C)OC)C1=CCCc2c1ccc(OC)c2C. The van der Waals surface area contributed by atoms with Crippen molar-refractivity contribution in [2.45, 2.75) is 26.7 Å². The molecule has 1 aliphatic carbocycles. The summed E-state index contributed by atoms with van der Waals surface area (Å²) in [5, 5.41) is 0. The van der Waals surface area contributed by atoms with Crippen molar-refractivity contribution in [2.24, 2.45) is 0 Å². The lowest BCUT2D eigenvalue weighted by Crippen LogP contribution is -2.06. The number of fused-ring (bicyclic) bond motifs is 1. The zero-order chi connectivity index (χ0) is 19.3. The van der Waals surface area contributed by atoms with Gasteiger partial charge in [-0.05, 0) is 66.7 Å². The molecule has 0 saturated heterocycles. The summed E-state index contributed by atoms with van der Waals surface area (Å²) in [6.07, 6.45) is 6.08. The van der Waals surface area contributed by atoms with Gasteiger partial charge in [0.25, 0.3) is 0 Å². The molecule has 0 amide bonds. The summed E-state index contributed by atoms with van der Waals surface area (Å²) < 4.78 is 21.7. The molecule has 0 bridgehead atoms. The van der Waals surface area contributed by atoms with Crippen LogP contribution in [0.5, 0.6) is 5.75 Å². The minimum absolute atomic E-state index is 0.554. The van der Waals surface area contributed by atoms with Gasteiger partial charge in [-0.3, -0.25) is 0 Å². The molecular weight excluding hydrogens is 328 g/mol. The van der Waals surface area contributed by atoms with E-state index >= 15 is 0 Å². The van der Waals surface area contributed by atoms with Crippen LogP contribution in [0, 0.1) is 6.92 Å². The van der Waals surface area contributed by atoms with Crippen LogP contribution in [-0.4, -0.2) is 28.4 Å². The van der Waals surface area contributed by atoms with Gasteiger partial charge in [0.05, 0.1) is 28.4 Å². The molecule has 0 unspecified atom stereocenters. The maximum atomic E-state index is 5.53. The summed E-state index contributed by atoms with van der Waals surface area (Å²) in [4.78, 5) is 0. The van der Waals surface area contributed by atoms with Gasteiger partial charge in [-0.15, -0.1) is 0 Å². The molecule has 0 fully saturated rings. The van der Waals surface area contributed by atoms with Gasteiger partial charge in [0.1, 0.15) is 11.5 Å². The molecule has 0 radical (unpaired) electrons. The maximum absolute atomic E-state index is 5.53. The Morgan fingerprint density at radius 2 is 1.81 bits per heavy atom. The van der Waals surface area contributed by atoms with Crippen molar-refractivity contribution in [3.8, 4) is 5.75 Å². The maximum Gasteiger partial charge on any atom is 0.198 e. The molecule has 0 aliphatic heterocycles. The summed E-state index contributed by atoms with van der Waals surface area (Å²) in [5.41, 5.74) is 5.67. The first-order valence-electron chi connectivity index (χ1n) is 8.59. The van der Waals surface area contributed by atoms with Gasteiger partial charge in [-0.1, -0.05) is 18.7 Å². The highest BCUT2D eigenvalue weighted by Crippen LogP contribution is 2.37. The lowest BCUT2D eigenvalue weighted by atomic mass is 9.84. The summed E-state index contributed by atoms with van der Waals surface area (Å²) in [6.45, 7) is 8.20. The largest absolute Gasteiger partial charge is 0.497 e. The van der Waals surface area contributed by atoms with Crippen LogP contribution in [0.25, 0.3) is 5.57 Å². The van der Waals surface area contributed by atoms with E-state index in [4.69, 9.17) is 18.9 Å². The van der Waals surface area contributed by atoms with Gasteiger partial charge in [0.15, 0.2) is 11.5 Å². The lowest BCUT2D eigenvalue weighted by Gasteiger charge is -2.22. The molecule has 4 heteroatoms. The second-order valence-corrected chi connectivity index (χ2v) is 6.11. The first-order valence-corrected chi connectivity index (χ1v) is 8.59. The lowest BCUT2D eigenvalue weighted by molar-refractivity contribution is 0.186. The van der Waals surface area contributed by atoms with E-state index in [1.807, 2.05) is 19.1 Å². The van der Waals surface area contributed by atoms with E-state index in [9.17, 15) is 0 Å². The first kappa shape index (κ1) is 19.7. The van der Waals surface area contributed by atoms with Crippen LogP contribution in [0.15, 0.2) is 53.7 Å². The highest BCUT2D eigenvalue weighted by molar-refractivity contribution is 5.85. The van der Waals surface area contributed by atoms with Crippen LogP contribution in [0.2, 0.25) is 0 Å². The van der Waals surface area contributed by atoms with Gasteiger partial charge < -0.3 is 18.9 Å². The molecule has 0 heterocycles. The molecule has 1 aromatic rings. The predicted octanol–water partition coefficient (Wildman–Crippen LogP) is 4.94. The van der Waals surface area contributed by atoms with Crippen LogP contribution in [0.4, 0.5) is 0 Å². The number of allylic oxidation sites excluding steroid dienone is 5. The van der Waals surface area contributed by atoms with Gasteiger partial charge >= 0.3 is 0 Å². The summed E-state index contributed by atoms with van der Waals surface area (Å²) in [5.74, 6) is 2.70. The smallest absolute Gasteiger partial charge is 0.198 e. The molecule has 0 aromatic heterocycles. The minimum atomic E-state index is 0.554. The zero-order valence-corrected chi connectivity index (χ0v) is 16.6. The van der Waals surface area contributed by atoms with E-state index in [-0.39, 0.29) is 0 Å². The van der Waals surface area contributed by atoms with Gasteiger partial charge in [0.2, 0.25) is 0 Å². The van der Waals surface area contributed by atoms with Crippen molar-refractivity contribution in [1.29, 1.82) is 0 Å². The third-order valence-electron chi connectivity index (χ3n) is 4.73. The van der Waals surface area contributed by atoms with E-state index in [1.54, 1.807) is 28.4 Å². The Balaban J connectivity index is 2.45. The Morgan fingerprint density at radius 3 is 2.38 bits per heavy atom. The van der Waals surface area contributed by atoms with E-state index < -0.39 is 0 Å². The highest BCUT2D eigenvalue weighted by Gasteiger charge is 2.19. The molecule has 0 saturated carbocycles. The van der Waals surface area contributed by atoms with Crippen molar-refractivity contribution in [3.63, 3.8) is 0 Å². The van der Waals surface area contributed by atoms with Gasteiger partial charge in [-0.25, -0.2) is 0 Å². The topological polar surface area (TPSA) is 36.9 Å². The van der Waals surface area contributed by atoms with Crippen molar-refractivity contribution in [2.75, 3.05) is 28.4 Å². The third-order valence-corrected chi connectivity index (χ3v) is 4.73. The average molecular weight is 356 g/mol. The Bertz CT molecular complexity index is 782. The minimum Gasteiger partial charge on any atom is -0.497 e. The van der Waals surface area contributed by atoms with Gasteiger partial charge in [-0.2, -0.15) is 0 Å². The summed E-state index contributed by atoms with van der Waals surface area (Å²) in [6, 6.07) is 4.11. The summed E-state index contributed by atoms with van der Waals surface area (Å²) >= 11 is 0. The predicted molar refractivity (Wildman–Crippen MR) is 105 cm³/mol. The van der Waals surface area contributed by atoms with Crippen molar-refractivity contribution in [1.82, 2.24) is 0 Å². The Hall–Kier alpha value is -2.62. The molecule has 26 heavy (non-hydrogen) atoms. The fourth-order valence-electron chi connectivity index (χ4n) is 3.27. The van der Waals surface area contributed by atoms with Crippen LogP contribution in [0.3, 0.4) is 0 Å². The van der Waals surface area contributed by atoms with Gasteiger partial charge in [0, 0.05) is 0 Å². The third kappa shape index (κ3) is 3.79. The summed E-state index contributed by atoms with van der Waals surface area (Å²) in [7, 11) is 6.52. The Morgan fingerprint density at radius 1 is 1.08 bits per heavy atom. The number of ether oxygens (including phenoxy) is 4. The molecule has 140 valence electrons. The van der Waals surface area contributed by atoms with E-state index in [0.717, 1.165) is 29.7 Å². The molecular formula is C22H28O4. The molecule has 0 spiro atoms.